The minimum absolute atomic E-state index is 0.292. The number of aromatic nitrogens is 4. The molecule has 1 aromatic heterocycles. The monoisotopic (exact) mass is 327 g/mol. The molecular weight excluding hydrogens is 313 g/mol. The zero-order valence-electron chi connectivity index (χ0n) is 10.8. The van der Waals surface area contributed by atoms with E-state index in [1.54, 1.807) is 10.7 Å². The fraction of sp³-hybridized carbons (Fsp3) is 0.417. The van der Waals surface area contributed by atoms with E-state index in [1.165, 1.54) is 6.07 Å². The quantitative estimate of drug-likeness (QED) is 0.856. The van der Waals surface area contributed by atoms with Crippen molar-refractivity contribution in [2.75, 3.05) is 6.54 Å². The van der Waals surface area contributed by atoms with Crippen LogP contribution in [0.3, 0.4) is 0 Å². The van der Waals surface area contributed by atoms with Crippen LogP contribution in [0.2, 0.25) is 0 Å². The zero-order chi connectivity index (χ0) is 13.8. The first-order valence-electron chi connectivity index (χ1n) is 6.07. The van der Waals surface area contributed by atoms with Crippen LogP contribution in [0.1, 0.15) is 24.7 Å². The molecule has 0 saturated carbocycles. The molecule has 0 aliphatic carbocycles. The maximum absolute atomic E-state index is 13.4. The van der Waals surface area contributed by atoms with Crippen LogP contribution < -0.4 is 5.32 Å². The molecule has 2 aromatic rings. The fourth-order valence-corrected chi connectivity index (χ4v) is 2.08. The van der Waals surface area contributed by atoms with Gasteiger partial charge in [-0.25, -0.2) is 4.39 Å². The van der Waals surface area contributed by atoms with E-state index < -0.39 is 0 Å². The summed E-state index contributed by atoms with van der Waals surface area (Å²) in [5.74, 6) is 0.412. The summed E-state index contributed by atoms with van der Waals surface area (Å²) in [5, 5.41) is 14.9. The third kappa shape index (κ3) is 3.16. The van der Waals surface area contributed by atoms with Gasteiger partial charge in [-0.1, -0.05) is 6.92 Å². The van der Waals surface area contributed by atoms with Gasteiger partial charge < -0.3 is 5.32 Å². The Morgan fingerprint density at radius 2 is 2.21 bits per heavy atom. The third-order valence-corrected chi connectivity index (χ3v) is 3.32. The van der Waals surface area contributed by atoms with Crippen molar-refractivity contribution in [3.63, 3.8) is 0 Å². The highest BCUT2D eigenvalue weighted by Gasteiger charge is 2.12. The number of nitrogens with zero attached hydrogens (tertiary/aromatic N) is 4. The number of tetrazole rings is 1. The Morgan fingerprint density at radius 1 is 1.42 bits per heavy atom. The van der Waals surface area contributed by atoms with Crippen molar-refractivity contribution < 1.29 is 4.39 Å². The normalized spacial score (nSPS) is 10.9. The van der Waals surface area contributed by atoms with Gasteiger partial charge in [-0.2, -0.15) is 4.68 Å². The van der Waals surface area contributed by atoms with Gasteiger partial charge in [0.2, 0.25) is 0 Å². The Morgan fingerprint density at radius 3 is 2.95 bits per heavy atom. The van der Waals surface area contributed by atoms with Crippen molar-refractivity contribution in [1.82, 2.24) is 25.5 Å². The summed E-state index contributed by atoms with van der Waals surface area (Å²) in [6.07, 6.45) is 1.04. The van der Waals surface area contributed by atoms with Crippen molar-refractivity contribution >= 4 is 15.9 Å². The molecule has 19 heavy (non-hydrogen) atoms. The minimum atomic E-state index is -0.292. The molecule has 1 N–H and O–H groups in total. The van der Waals surface area contributed by atoms with Crippen molar-refractivity contribution in [3.8, 4) is 5.69 Å². The number of aryl methyl sites for hydroxylation is 1. The smallest absolute Gasteiger partial charge is 0.170 e. The molecule has 102 valence electrons. The Labute approximate surface area is 119 Å². The summed E-state index contributed by atoms with van der Waals surface area (Å²) < 4.78 is 15.5. The summed E-state index contributed by atoms with van der Waals surface area (Å²) >= 11 is 3.18. The molecular formula is C12H15BrFN5. The average Bonchev–Trinajstić information content (AvgIpc) is 2.82. The summed E-state index contributed by atoms with van der Waals surface area (Å²) in [6, 6.07) is 3.15. The highest BCUT2D eigenvalue weighted by atomic mass is 79.9. The second kappa shape index (κ2) is 6.21. The fourth-order valence-electron chi connectivity index (χ4n) is 1.74. The number of hydrogen-bond donors (Lipinski definition) is 1. The SMILES string of the molecule is CCCNCc1nnnn1-c1cc(Br)c(F)cc1C. The van der Waals surface area contributed by atoms with Crippen LogP contribution in [0.25, 0.3) is 5.69 Å². The Bertz CT molecular complexity index is 569. The van der Waals surface area contributed by atoms with Crippen LogP contribution in [-0.2, 0) is 6.54 Å². The molecule has 0 spiro atoms. The van der Waals surface area contributed by atoms with Gasteiger partial charge in [-0.05, 0) is 63.9 Å². The van der Waals surface area contributed by atoms with E-state index >= 15 is 0 Å². The van der Waals surface area contributed by atoms with Gasteiger partial charge in [0.05, 0.1) is 16.7 Å². The number of nitrogens with one attached hydrogen (secondary N) is 1. The summed E-state index contributed by atoms with van der Waals surface area (Å²) in [5.41, 5.74) is 1.55. The van der Waals surface area contributed by atoms with E-state index in [-0.39, 0.29) is 5.82 Å². The van der Waals surface area contributed by atoms with Crippen LogP contribution in [0.15, 0.2) is 16.6 Å². The van der Waals surface area contributed by atoms with Crippen LogP contribution in [0.4, 0.5) is 4.39 Å². The van der Waals surface area contributed by atoms with Crippen molar-refractivity contribution in [1.29, 1.82) is 0 Å². The first-order chi connectivity index (χ1) is 9.13. The lowest BCUT2D eigenvalue weighted by Crippen LogP contribution is -2.18. The lowest BCUT2D eigenvalue weighted by molar-refractivity contribution is 0.614. The van der Waals surface area contributed by atoms with Gasteiger partial charge in [0.15, 0.2) is 5.82 Å². The molecule has 0 unspecified atom stereocenters. The molecule has 0 radical (unpaired) electrons. The first kappa shape index (κ1) is 14.1. The molecule has 0 fully saturated rings. The van der Waals surface area contributed by atoms with Crippen molar-refractivity contribution in [2.24, 2.45) is 0 Å². The van der Waals surface area contributed by atoms with E-state index in [2.05, 4.69) is 43.7 Å². The molecule has 1 heterocycles. The standard InChI is InChI=1S/C12H15BrFN5/c1-3-4-15-7-12-16-17-18-19(12)11-6-9(13)10(14)5-8(11)2/h5-6,15H,3-4,7H2,1-2H3. The summed E-state index contributed by atoms with van der Waals surface area (Å²) in [6.45, 7) is 5.40. The number of rotatable bonds is 5. The summed E-state index contributed by atoms with van der Waals surface area (Å²) in [4.78, 5) is 0. The largest absolute Gasteiger partial charge is 0.310 e. The maximum atomic E-state index is 13.4. The molecule has 0 aliphatic rings. The number of hydrogen-bond acceptors (Lipinski definition) is 4. The van der Waals surface area contributed by atoms with E-state index in [1.807, 2.05) is 6.92 Å². The lowest BCUT2D eigenvalue weighted by atomic mass is 10.2. The topological polar surface area (TPSA) is 55.6 Å². The molecule has 0 amide bonds. The second-order valence-corrected chi connectivity index (χ2v) is 5.09. The Kier molecular flexibility index (Phi) is 4.60. The van der Waals surface area contributed by atoms with E-state index in [0.717, 1.165) is 24.2 Å². The average molecular weight is 328 g/mol. The zero-order valence-corrected chi connectivity index (χ0v) is 12.4. The molecule has 1 aromatic carbocycles. The van der Waals surface area contributed by atoms with Crippen LogP contribution in [-0.4, -0.2) is 26.8 Å². The molecule has 5 nitrogen and oxygen atoms in total. The van der Waals surface area contributed by atoms with Crippen molar-refractivity contribution in [2.45, 2.75) is 26.8 Å². The van der Waals surface area contributed by atoms with E-state index in [0.29, 0.717) is 16.8 Å². The van der Waals surface area contributed by atoms with Gasteiger partial charge in [0, 0.05) is 0 Å². The van der Waals surface area contributed by atoms with Crippen LogP contribution in [0.5, 0.6) is 0 Å². The Hall–Kier alpha value is -1.34. The van der Waals surface area contributed by atoms with Gasteiger partial charge in [0.1, 0.15) is 5.82 Å². The molecule has 0 bridgehead atoms. The number of halogens is 2. The van der Waals surface area contributed by atoms with Crippen molar-refractivity contribution in [3.05, 3.63) is 33.8 Å². The van der Waals surface area contributed by atoms with Gasteiger partial charge in [0.25, 0.3) is 0 Å². The lowest BCUT2D eigenvalue weighted by Gasteiger charge is -2.09. The molecule has 2 rings (SSSR count). The summed E-state index contributed by atoms with van der Waals surface area (Å²) in [7, 11) is 0. The van der Waals surface area contributed by atoms with Crippen LogP contribution >= 0.6 is 15.9 Å². The first-order valence-corrected chi connectivity index (χ1v) is 6.86. The van der Waals surface area contributed by atoms with Gasteiger partial charge in [-0.15, -0.1) is 5.10 Å². The van der Waals surface area contributed by atoms with Gasteiger partial charge >= 0.3 is 0 Å². The van der Waals surface area contributed by atoms with E-state index in [9.17, 15) is 4.39 Å². The van der Waals surface area contributed by atoms with Crippen LogP contribution in [0, 0.1) is 12.7 Å². The number of benzene rings is 1. The highest BCUT2D eigenvalue weighted by Crippen LogP contribution is 2.23. The molecule has 0 aliphatic heterocycles. The minimum Gasteiger partial charge on any atom is -0.310 e. The molecule has 0 saturated heterocycles. The van der Waals surface area contributed by atoms with E-state index in [4.69, 9.17) is 0 Å². The maximum Gasteiger partial charge on any atom is 0.170 e. The molecule has 7 heteroatoms. The molecule has 0 atom stereocenters. The Balaban J connectivity index is 2.32. The predicted molar refractivity (Wildman–Crippen MR) is 73.5 cm³/mol. The van der Waals surface area contributed by atoms with Gasteiger partial charge in [-0.3, -0.25) is 0 Å². The predicted octanol–water partition coefficient (Wildman–Crippen LogP) is 2.37. The third-order valence-electron chi connectivity index (χ3n) is 2.71. The highest BCUT2D eigenvalue weighted by molar-refractivity contribution is 9.10. The second-order valence-electron chi connectivity index (χ2n) is 4.24.